The van der Waals surface area contributed by atoms with E-state index in [1.807, 2.05) is 19.1 Å². The molecule has 37 heavy (non-hydrogen) atoms. The third kappa shape index (κ3) is 4.35. The van der Waals surface area contributed by atoms with E-state index >= 15 is 0 Å². The zero-order valence-electron chi connectivity index (χ0n) is 22.3. The number of carbonyl (C=O) groups is 1. The molecule has 1 aromatic carbocycles. The normalized spacial score (nSPS) is 25.7. The fourth-order valence-corrected chi connectivity index (χ4v) is 6.69. The van der Waals surface area contributed by atoms with E-state index in [0.717, 1.165) is 43.4 Å². The van der Waals surface area contributed by atoms with Gasteiger partial charge in [-0.25, -0.2) is 4.79 Å². The van der Waals surface area contributed by atoms with Crippen LogP contribution in [-0.4, -0.2) is 17.4 Å². The van der Waals surface area contributed by atoms with Gasteiger partial charge in [0.2, 0.25) is 0 Å². The lowest BCUT2D eigenvalue weighted by molar-refractivity contribution is -0.134. The summed E-state index contributed by atoms with van der Waals surface area (Å²) in [6.45, 7) is 9.66. The van der Waals surface area contributed by atoms with Crippen molar-refractivity contribution >= 4 is 5.97 Å². The number of ether oxygens (including phenoxy) is 2. The number of aliphatic hydroxyl groups excluding tert-OH is 1. The van der Waals surface area contributed by atoms with Crippen molar-refractivity contribution in [3.8, 4) is 5.75 Å². The average Bonchev–Trinajstić information content (AvgIpc) is 3.22. The van der Waals surface area contributed by atoms with Gasteiger partial charge in [0.25, 0.3) is 0 Å². The van der Waals surface area contributed by atoms with Crippen LogP contribution in [-0.2, 0) is 14.9 Å². The lowest BCUT2D eigenvalue weighted by Gasteiger charge is -2.42. The van der Waals surface area contributed by atoms with Crippen LogP contribution >= 0.6 is 0 Å². The molecule has 0 bridgehead atoms. The zero-order valence-corrected chi connectivity index (χ0v) is 22.3. The van der Waals surface area contributed by atoms with Crippen molar-refractivity contribution in [2.75, 3.05) is 0 Å². The van der Waals surface area contributed by atoms with Crippen LogP contribution in [0.15, 0.2) is 88.8 Å². The number of esters is 1. The summed E-state index contributed by atoms with van der Waals surface area (Å²) in [4.78, 5) is 11.9. The molecule has 0 aliphatic heterocycles. The predicted molar refractivity (Wildman–Crippen MR) is 147 cm³/mol. The van der Waals surface area contributed by atoms with E-state index in [-0.39, 0.29) is 11.3 Å². The largest absolute Gasteiger partial charge is 0.465 e. The Morgan fingerprint density at radius 1 is 1.22 bits per heavy atom. The third-order valence-electron chi connectivity index (χ3n) is 8.41. The minimum Gasteiger partial charge on any atom is -0.465 e. The highest BCUT2D eigenvalue weighted by Gasteiger charge is 2.50. The van der Waals surface area contributed by atoms with Crippen molar-refractivity contribution in [3.63, 3.8) is 0 Å². The lowest BCUT2D eigenvalue weighted by Crippen LogP contribution is -2.34. The first kappa shape index (κ1) is 25.5. The molecule has 0 radical (unpaired) electrons. The third-order valence-corrected chi connectivity index (χ3v) is 8.41. The van der Waals surface area contributed by atoms with Gasteiger partial charge in [-0.2, -0.15) is 0 Å². The van der Waals surface area contributed by atoms with Crippen molar-refractivity contribution in [1.82, 2.24) is 0 Å². The molecule has 0 spiro atoms. The number of hydrogen-bond donors (Lipinski definition) is 1. The smallest absolute Gasteiger partial charge is 0.335 e. The van der Waals surface area contributed by atoms with E-state index in [4.69, 9.17) is 9.47 Å². The lowest BCUT2D eigenvalue weighted by atomic mass is 9.61. The van der Waals surface area contributed by atoms with Crippen molar-refractivity contribution in [2.45, 2.75) is 83.8 Å². The van der Waals surface area contributed by atoms with Gasteiger partial charge in [0, 0.05) is 18.4 Å². The topological polar surface area (TPSA) is 55.8 Å². The van der Waals surface area contributed by atoms with Gasteiger partial charge in [-0.15, -0.1) is 0 Å². The number of fused-ring (bicyclic) bond motifs is 1. The summed E-state index contributed by atoms with van der Waals surface area (Å²) in [6, 6.07) is 6.49. The second-order valence-electron chi connectivity index (χ2n) is 10.7. The van der Waals surface area contributed by atoms with Crippen molar-refractivity contribution < 1.29 is 19.4 Å². The second kappa shape index (κ2) is 10.3. The molecule has 4 nitrogen and oxygen atoms in total. The van der Waals surface area contributed by atoms with Gasteiger partial charge < -0.3 is 14.6 Å². The molecule has 3 unspecified atom stereocenters. The summed E-state index contributed by atoms with van der Waals surface area (Å²) in [7, 11) is 0. The van der Waals surface area contributed by atoms with Crippen LogP contribution in [0.1, 0.15) is 76.3 Å². The van der Waals surface area contributed by atoms with Gasteiger partial charge in [-0.3, -0.25) is 0 Å². The van der Waals surface area contributed by atoms with Crippen LogP contribution in [0.5, 0.6) is 5.75 Å². The summed E-state index contributed by atoms with van der Waals surface area (Å²) < 4.78 is 11.4. The molecule has 1 N–H and O–H groups in total. The van der Waals surface area contributed by atoms with Gasteiger partial charge >= 0.3 is 5.97 Å². The van der Waals surface area contributed by atoms with E-state index in [1.165, 1.54) is 41.2 Å². The number of hydrogen-bond acceptors (Lipinski definition) is 4. The molecule has 194 valence electrons. The minimum absolute atomic E-state index is 0.0778. The number of carbonyl (C=O) groups excluding carboxylic acids is 1. The molecule has 4 aliphatic carbocycles. The number of rotatable bonds is 7. The average molecular weight is 499 g/mol. The Bertz CT molecular complexity index is 1270. The highest BCUT2D eigenvalue weighted by atomic mass is 16.6. The van der Waals surface area contributed by atoms with E-state index in [1.54, 1.807) is 11.1 Å². The molecule has 0 heterocycles. The maximum Gasteiger partial charge on any atom is 0.335 e. The maximum atomic E-state index is 11.9. The standard InChI is InChI=1S/C33H38O4/c1-5-31(34)36-29-17-15-23(19-21(29)3)33(24-16-18-30(22(4)20-24)37-32(35)6-2)27-13-9-7-11-25(27)26-12-8-10-14-28(26)33/h5,9,13,15-18,20-21,32,35H,1,6-8,10-12,14,19H2,2-4H3. The highest BCUT2D eigenvalue weighted by Crippen LogP contribution is 2.61. The molecule has 4 heteroatoms. The van der Waals surface area contributed by atoms with Crippen LogP contribution < -0.4 is 4.74 Å². The molecular weight excluding hydrogens is 460 g/mol. The summed E-state index contributed by atoms with van der Waals surface area (Å²) in [5.74, 6) is 1.08. The van der Waals surface area contributed by atoms with Crippen LogP contribution in [0.3, 0.4) is 0 Å². The van der Waals surface area contributed by atoms with Crippen LogP contribution in [0.4, 0.5) is 0 Å². The van der Waals surface area contributed by atoms with Gasteiger partial charge in [0.05, 0.1) is 5.41 Å². The first-order valence-corrected chi connectivity index (χ1v) is 13.7. The Labute approximate surface area is 220 Å². The number of aryl methyl sites for hydroxylation is 1. The number of allylic oxidation sites excluding steroid dienone is 10. The van der Waals surface area contributed by atoms with E-state index in [2.05, 4.69) is 50.8 Å². The molecule has 0 saturated heterocycles. The number of benzene rings is 1. The Kier molecular flexibility index (Phi) is 7.13. The highest BCUT2D eigenvalue weighted by molar-refractivity contribution is 5.82. The van der Waals surface area contributed by atoms with Gasteiger partial charge in [-0.05, 0) is 97.4 Å². The van der Waals surface area contributed by atoms with E-state index in [0.29, 0.717) is 12.2 Å². The Morgan fingerprint density at radius 2 is 2.03 bits per heavy atom. The van der Waals surface area contributed by atoms with E-state index < -0.39 is 12.3 Å². The van der Waals surface area contributed by atoms with Crippen molar-refractivity contribution in [1.29, 1.82) is 0 Å². The fraction of sp³-hybridized carbons (Fsp3) is 0.424. The molecular formula is C33H38O4. The Balaban J connectivity index is 1.70. The minimum atomic E-state index is -0.808. The van der Waals surface area contributed by atoms with Crippen molar-refractivity contribution in [2.24, 2.45) is 5.92 Å². The number of aliphatic hydroxyl groups is 1. The van der Waals surface area contributed by atoms with Crippen LogP contribution in [0, 0.1) is 12.8 Å². The van der Waals surface area contributed by atoms with E-state index in [9.17, 15) is 9.90 Å². The second-order valence-corrected chi connectivity index (χ2v) is 10.7. The molecule has 0 fully saturated rings. The first-order valence-electron chi connectivity index (χ1n) is 13.7. The fourth-order valence-electron chi connectivity index (χ4n) is 6.69. The van der Waals surface area contributed by atoms with Gasteiger partial charge in [0.15, 0.2) is 6.29 Å². The molecule has 0 saturated carbocycles. The molecule has 4 aliphatic rings. The summed E-state index contributed by atoms with van der Waals surface area (Å²) >= 11 is 0. The molecule has 0 aromatic heterocycles. The molecule has 0 amide bonds. The summed E-state index contributed by atoms with van der Waals surface area (Å²) in [5.41, 5.74) is 9.40. The zero-order chi connectivity index (χ0) is 26.2. The SMILES string of the molecule is C=CC(=O)OC1=CC=C(C2(c3ccc(OC(O)CC)c(C)c3)C3=C(CCC=C3)C3=C2CCCC3)CC1C. The maximum absolute atomic E-state index is 11.9. The molecule has 3 atom stereocenters. The van der Waals surface area contributed by atoms with Crippen LogP contribution in [0.25, 0.3) is 0 Å². The monoisotopic (exact) mass is 498 g/mol. The van der Waals surface area contributed by atoms with Gasteiger partial charge in [-0.1, -0.05) is 56.4 Å². The Morgan fingerprint density at radius 3 is 2.76 bits per heavy atom. The molecule has 1 aromatic rings. The van der Waals surface area contributed by atoms with Gasteiger partial charge in [0.1, 0.15) is 11.5 Å². The van der Waals surface area contributed by atoms with Crippen molar-refractivity contribution in [3.05, 3.63) is 99.9 Å². The summed E-state index contributed by atoms with van der Waals surface area (Å²) in [6.07, 6.45) is 17.5. The first-order chi connectivity index (χ1) is 17.9. The van der Waals surface area contributed by atoms with Crippen LogP contribution in [0.2, 0.25) is 0 Å². The quantitative estimate of drug-likeness (QED) is 0.241. The molecule has 5 rings (SSSR count). The predicted octanol–water partition coefficient (Wildman–Crippen LogP) is 7.45. The Hall–Kier alpha value is -3.11. The summed E-state index contributed by atoms with van der Waals surface area (Å²) in [5, 5.41) is 10.1.